The Hall–Kier alpha value is -2.41. The van der Waals surface area contributed by atoms with Crippen LogP contribution in [0.5, 0.6) is 0 Å². The minimum Gasteiger partial charge on any atom is -0.390 e. The fraction of sp³-hybridized carbons (Fsp3) is 0.500. The van der Waals surface area contributed by atoms with Gasteiger partial charge in [-0.05, 0) is 24.9 Å². The van der Waals surface area contributed by atoms with Gasteiger partial charge >= 0.3 is 0 Å². The van der Waals surface area contributed by atoms with Crippen LogP contribution in [0, 0.1) is 5.92 Å². The summed E-state index contributed by atoms with van der Waals surface area (Å²) >= 11 is 0. The standard InChI is InChI=1S/C18H24N4O3/c19-17(23)16-9-15(25-21-16)10-20-18(24)14-7-4-8-22(12-14)11-13-5-2-1-3-6-13/h1-3,5-6,14-15H,4,7-12H2,(H2,19,23)(H,20,24)/t14-,15-/m1/s1. The van der Waals surface area contributed by atoms with Crippen LogP contribution in [0.2, 0.25) is 0 Å². The van der Waals surface area contributed by atoms with Crippen molar-refractivity contribution >= 4 is 17.5 Å². The third kappa shape index (κ3) is 4.79. The molecule has 1 saturated heterocycles. The third-order valence-corrected chi connectivity index (χ3v) is 4.65. The van der Waals surface area contributed by atoms with Gasteiger partial charge in [-0.25, -0.2) is 0 Å². The Morgan fingerprint density at radius 2 is 2.12 bits per heavy atom. The molecule has 1 aromatic rings. The van der Waals surface area contributed by atoms with E-state index in [0.717, 1.165) is 32.5 Å². The van der Waals surface area contributed by atoms with Gasteiger partial charge in [-0.15, -0.1) is 0 Å². The van der Waals surface area contributed by atoms with E-state index in [0.29, 0.717) is 13.0 Å². The first kappa shape index (κ1) is 17.4. The summed E-state index contributed by atoms with van der Waals surface area (Å²) in [4.78, 5) is 30.9. The van der Waals surface area contributed by atoms with Gasteiger partial charge in [0.25, 0.3) is 5.91 Å². The lowest BCUT2D eigenvalue weighted by Crippen LogP contribution is -2.44. The molecule has 2 atom stereocenters. The molecular weight excluding hydrogens is 320 g/mol. The van der Waals surface area contributed by atoms with Crippen molar-refractivity contribution in [3.8, 4) is 0 Å². The highest BCUT2D eigenvalue weighted by atomic mass is 16.6. The van der Waals surface area contributed by atoms with E-state index in [1.165, 1.54) is 5.56 Å². The van der Waals surface area contributed by atoms with Gasteiger partial charge in [-0.2, -0.15) is 0 Å². The Labute approximate surface area is 147 Å². The normalized spacial score (nSPS) is 23.6. The molecule has 0 aliphatic carbocycles. The summed E-state index contributed by atoms with van der Waals surface area (Å²) in [7, 11) is 0. The average Bonchev–Trinajstić information content (AvgIpc) is 3.10. The zero-order valence-electron chi connectivity index (χ0n) is 14.2. The van der Waals surface area contributed by atoms with Crippen LogP contribution in [-0.4, -0.2) is 48.2 Å². The molecule has 7 heteroatoms. The van der Waals surface area contributed by atoms with Gasteiger partial charge in [0.05, 0.1) is 12.5 Å². The molecular formula is C18H24N4O3. The number of amides is 2. The first-order chi connectivity index (χ1) is 12.1. The maximum Gasteiger partial charge on any atom is 0.266 e. The van der Waals surface area contributed by atoms with E-state index in [2.05, 4.69) is 27.5 Å². The molecule has 0 spiro atoms. The van der Waals surface area contributed by atoms with Crippen LogP contribution in [0.1, 0.15) is 24.8 Å². The van der Waals surface area contributed by atoms with Crippen molar-refractivity contribution in [2.24, 2.45) is 16.8 Å². The number of primary amides is 1. The topological polar surface area (TPSA) is 97.0 Å². The van der Waals surface area contributed by atoms with Gasteiger partial charge in [0, 0.05) is 19.5 Å². The van der Waals surface area contributed by atoms with Crippen molar-refractivity contribution in [1.82, 2.24) is 10.2 Å². The molecule has 134 valence electrons. The number of benzene rings is 1. The Kier molecular flexibility index (Phi) is 5.65. The number of rotatable bonds is 6. The first-order valence-corrected chi connectivity index (χ1v) is 8.68. The second kappa shape index (κ2) is 8.11. The van der Waals surface area contributed by atoms with Gasteiger partial charge < -0.3 is 15.9 Å². The van der Waals surface area contributed by atoms with E-state index >= 15 is 0 Å². The molecule has 3 rings (SSSR count). The fourth-order valence-electron chi connectivity index (χ4n) is 3.30. The summed E-state index contributed by atoms with van der Waals surface area (Å²) in [6.07, 6.45) is 1.95. The van der Waals surface area contributed by atoms with Gasteiger partial charge in [0.15, 0.2) is 6.10 Å². The number of nitrogens with one attached hydrogen (secondary N) is 1. The largest absolute Gasteiger partial charge is 0.390 e. The summed E-state index contributed by atoms with van der Waals surface area (Å²) < 4.78 is 0. The van der Waals surface area contributed by atoms with E-state index in [1.807, 2.05) is 18.2 Å². The highest BCUT2D eigenvalue weighted by Crippen LogP contribution is 2.19. The van der Waals surface area contributed by atoms with E-state index in [9.17, 15) is 9.59 Å². The summed E-state index contributed by atoms with van der Waals surface area (Å²) in [5, 5.41) is 6.57. The van der Waals surface area contributed by atoms with Crippen molar-refractivity contribution in [3.63, 3.8) is 0 Å². The number of hydrogen-bond acceptors (Lipinski definition) is 5. The molecule has 0 unspecified atom stereocenters. The maximum atomic E-state index is 12.4. The van der Waals surface area contributed by atoms with E-state index < -0.39 is 5.91 Å². The van der Waals surface area contributed by atoms with Gasteiger partial charge in [-0.1, -0.05) is 35.5 Å². The second-order valence-electron chi connectivity index (χ2n) is 6.64. The molecule has 0 bridgehead atoms. The van der Waals surface area contributed by atoms with Crippen molar-refractivity contribution in [1.29, 1.82) is 0 Å². The molecule has 2 amide bonds. The van der Waals surface area contributed by atoms with Crippen LogP contribution in [0.15, 0.2) is 35.5 Å². The molecule has 1 aromatic carbocycles. The van der Waals surface area contributed by atoms with Crippen molar-refractivity contribution in [2.45, 2.75) is 31.9 Å². The molecule has 3 N–H and O–H groups in total. The maximum absolute atomic E-state index is 12.4. The molecule has 0 radical (unpaired) electrons. The number of hydrogen-bond donors (Lipinski definition) is 2. The quantitative estimate of drug-likeness (QED) is 0.791. The lowest BCUT2D eigenvalue weighted by atomic mass is 9.96. The smallest absolute Gasteiger partial charge is 0.266 e. The Morgan fingerprint density at radius 1 is 1.32 bits per heavy atom. The average molecular weight is 344 g/mol. The van der Waals surface area contributed by atoms with E-state index in [-0.39, 0.29) is 23.6 Å². The van der Waals surface area contributed by atoms with E-state index in [4.69, 9.17) is 10.6 Å². The number of nitrogens with zero attached hydrogens (tertiary/aromatic N) is 2. The molecule has 0 aromatic heterocycles. The monoisotopic (exact) mass is 344 g/mol. The first-order valence-electron chi connectivity index (χ1n) is 8.68. The lowest BCUT2D eigenvalue weighted by Gasteiger charge is -2.32. The summed E-state index contributed by atoms with van der Waals surface area (Å²) in [6.45, 7) is 2.98. The predicted molar refractivity (Wildman–Crippen MR) is 93.6 cm³/mol. The fourth-order valence-corrected chi connectivity index (χ4v) is 3.30. The van der Waals surface area contributed by atoms with Crippen LogP contribution in [0.4, 0.5) is 0 Å². The molecule has 2 aliphatic rings. The summed E-state index contributed by atoms with van der Waals surface area (Å²) in [5.41, 5.74) is 6.66. The zero-order valence-corrected chi connectivity index (χ0v) is 14.2. The number of oxime groups is 1. The summed E-state index contributed by atoms with van der Waals surface area (Å²) in [5.74, 6) is -0.554. The minimum atomic E-state index is -0.572. The highest BCUT2D eigenvalue weighted by Gasteiger charge is 2.28. The van der Waals surface area contributed by atoms with Crippen LogP contribution in [0.25, 0.3) is 0 Å². The number of piperidine rings is 1. The van der Waals surface area contributed by atoms with E-state index in [1.54, 1.807) is 0 Å². The van der Waals surface area contributed by atoms with Crippen molar-refractivity contribution < 1.29 is 14.4 Å². The van der Waals surface area contributed by atoms with Gasteiger partial charge in [-0.3, -0.25) is 14.5 Å². The van der Waals surface area contributed by atoms with Crippen LogP contribution in [-0.2, 0) is 21.0 Å². The van der Waals surface area contributed by atoms with Crippen LogP contribution < -0.4 is 11.1 Å². The number of carbonyl (C=O) groups is 2. The Balaban J connectivity index is 1.44. The highest BCUT2D eigenvalue weighted by molar-refractivity contribution is 6.38. The minimum absolute atomic E-state index is 0.0182. The second-order valence-corrected chi connectivity index (χ2v) is 6.64. The Morgan fingerprint density at radius 3 is 2.84 bits per heavy atom. The molecule has 25 heavy (non-hydrogen) atoms. The number of carbonyl (C=O) groups excluding carboxylic acids is 2. The molecule has 2 heterocycles. The predicted octanol–water partition coefficient (Wildman–Crippen LogP) is 0.645. The molecule has 1 fully saturated rings. The molecule has 0 saturated carbocycles. The third-order valence-electron chi connectivity index (χ3n) is 4.65. The Bertz CT molecular complexity index is 647. The number of nitrogens with two attached hydrogens (primary N) is 1. The van der Waals surface area contributed by atoms with Crippen LogP contribution in [0.3, 0.4) is 0 Å². The number of likely N-dealkylation sites (tertiary alicyclic amines) is 1. The lowest BCUT2D eigenvalue weighted by molar-refractivity contribution is -0.127. The van der Waals surface area contributed by atoms with Crippen LogP contribution >= 0.6 is 0 Å². The summed E-state index contributed by atoms with van der Waals surface area (Å²) in [6, 6.07) is 10.3. The molecule has 2 aliphatic heterocycles. The van der Waals surface area contributed by atoms with Crippen molar-refractivity contribution in [2.75, 3.05) is 19.6 Å². The van der Waals surface area contributed by atoms with Gasteiger partial charge in [0.1, 0.15) is 5.71 Å². The molecule has 7 nitrogen and oxygen atoms in total. The zero-order chi connectivity index (χ0) is 17.6. The van der Waals surface area contributed by atoms with Crippen molar-refractivity contribution in [3.05, 3.63) is 35.9 Å². The SMILES string of the molecule is NC(=O)C1=NO[C@@H](CNC(=O)[C@@H]2CCCN(Cc3ccccc3)C2)C1. The van der Waals surface area contributed by atoms with Gasteiger partial charge in [0.2, 0.25) is 5.91 Å².